The molecule has 7 nitrogen and oxygen atoms in total. The van der Waals surface area contributed by atoms with Gasteiger partial charge in [-0.15, -0.1) is 0 Å². The van der Waals surface area contributed by atoms with Gasteiger partial charge < -0.3 is 9.84 Å². The lowest BCUT2D eigenvalue weighted by Crippen LogP contribution is -2.31. The van der Waals surface area contributed by atoms with Gasteiger partial charge in [-0.25, -0.2) is 4.68 Å². The third kappa shape index (κ3) is 4.28. The van der Waals surface area contributed by atoms with E-state index in [0.29, 0.717) is 23.5 Å². The summed E-state index contributed by atoms with van der Waals surface area (Å²) in [6.07, 6.45) is -1.71. The maximum Gasteiger partial charge on any atom is 0.408 e. The van der Waals surface area contributed by atoms with Crippen LogP contribution in [0.3, 0.4) is 0 Å². The molecule has 2 aromatic rings. The molecule has 114 valence electrons. The van der Waals surface area contributed by atoms with Crippen molar-refractivity contribution < 1.29 is 17.7 Å². The minimum atomic E-state index is -4.51. The smallest absolute Gasteiger partial charge is 0.382 e. The van der Waals surface area contributed by atoms with Crippen molar-refractivity contribution >= 4 is 21.6 Å². The quantitative estimate of drug-likeness (QED) is 0.863. The summed E-state index contributed by atoms with van der Waals surface area (Å²) in [7, 11) is 0. The number of alkyl halides is 3. The Hall–Kier alpha value is -1.91. The Kier molecular flexibility index (Phi) is 4.60. The average molecular weight is 368 g/mol. The van der Waals surface area contributed by atoms with Crippen LogP contribution in [0.1, 0.15) is 5.89 Å². The Morgan fingerprint density at radius 3 is 2.81 bits per heavy atom. The molecule has 0 aromatic carbocycles. The highest BCUT2D eigenvalue weighted by Gasteiger charge is 2.29. The lowest BCUT2D eigenvalue weighted by atomic mass is 10.4. The molecule has 0 amide bonds. The number of anilines is 1. The van der Waals surface area contributed by atoms with Crippen LogP contribution >= 0.6 is 15.9 Å². The summed E-state index contributed by atoms with van der Waals surface area (Å²) in [6.45, 7) is -1.09. The van der Waals surface area contributed by atoms with Gasteiger partial charge in [0.05, 0.1) is 11.9 Å². The highest BCUT2D eigenvalue weighted by atomic mass is 79.9. The minimum absolute atomic E-state index is 0.0210. The Morgan fingerprint density at radius 1 is 1.43 bits per heavy atom. The molecule has 2 heterocycles. The van der Waals surface area contributed by atoms with Gasteiger partial charge in [-0.3, -0.25) is 4.79 Å². The molecule has 11 heteroatoms. The summed E-state index contributed by atoms with van der Waals surface area (Å²) >= 11 is 2.96. The lowest BCUT2D eigenvalue weighted by Gasteiger charge is -2.11. The number of nitrogens with zero attached hydrogens (tertiary/aromatic N) is 4. The molecule has 0 bridgehead atoms. The Bertz CT molecular complexity index is 656. The molecule has 0 aliphatic heterocycles. The van der Waals surface area contributed by atoms with E-state index in [1.807, 2.05) is 0 Å². The van der Waals surface area contributed by atoms with Crippen molar-refractivity contribution in [3.05, 3.63) is 33.2 Å². The molecule has 0 unspecified atom stereocenters. The van der Waals surface area contributed by atoms with Crippen LogP contribution in [0.5, 0.6) is 0 Å². The van der Waals surface area contributed by atoms with Crippen molar-refractivity contribution in [2.75, 3.05) is 11.9 Å². The maximum absolute atomic E-state index is 12.3. The number of nitrogens with one attached hydrogen (secondary N) is 1. The Balaban J connectivity index is 2.04. The Morgan fingerprint density at radius 2 is 2.19 bits per heavy atom. The molecule has 0 saturated heterocycles. The first-order chi connectivity index (χ1) is 9.87. The topological polar surface area (TPSA) is 85.8 Å². The van der Waals surface area contributed by atoms with Crippen LogP contribution in [-0.2, 0) is 13.0 Å². The van der Waals surface area contributed by atoms with E-state index in [1.54, 1.807) is 0 Å². The number of rotatable bonds is 5. The fraction of sp³-hybridized carbons (Fsp3) is 0.400. The molecule has 2 rings (SSSR count). The second-order valence-corrected chi connectivity index (χ2v) is 4.75. The van der Waals surface area contributed by atoms with E-state index in [2.05, 4.69) is 36.5 Å². The molecule has 0 spiro atoms. The first-order valence-electron chi connectivity index (χ1n) is 5.68. The van der Waals surface area contributed by atoms with Crippen LogP contribution in [0.2, 0.25) is 0 Å². The molecular formula is C10H9BrF3N5O2. The van der Waals surface area contributed by atoms with Crippen molar-refractivity contribution in [1.29, 1.82) is 0 Å². The highest BCUT2D eigenvalue weighted by molar-refractivity contribution is 9.10. The zero-order valence-electron chi connectivity index (χ0n) is 10.4. The van der Waals surface area contributed by atoms with Gasteiger partial charge in [0, 0.05) is 13.0 Å². The number of hydrogen-bond acceptors (Lipinski definition) is 6. The molecule has 0 fully saturated rings. The monoisotopic (exact) mass is 367 g/mol. The third-order valence-electron chi connectivity index (χ3n) is 2.38. The van der Waals surface area contributed by atoms with Crippen LogP contribution in [0.4, 0.5) is 18.9 Å². The average Bonchev–Trinajstić information content (AvgIpc) is 2.89. The second-order valence-electron chi connectivity index (χ2n) is 3.96. The summed E-state index contributed by atoms with van der Waals surface area (Å²) < 4.78 is 41.9. The highest BCUT2D eigenvalue weighted by Crippen LogP contribution is 2.19. The molecular weight excluding hydrogens is 359 g/mol. The molecule has 2 aromatic heterocycles. The summed E-state index contributed by atoms with van der Waals surface area (Å²) in [5.41, 5.74) is -0.576. The van der Waals surface area contributed by atoms with Gasteiger partial charge >= 0.3 is 6.18 Å². The van der Waals surface area contributed by atoms with E-state index in [4.69, 9.17) is 4.52 Å². The summed E-state index contributed by atoms with van der Waals surface area (Å²) in [4.78, 5) is 15.5. The maximum atomic E-state index is 12.3. The number of hydrogen-bond donors (Lipinski definition) is 1. The van der Waals surface area contributed by atoms with E-state index in [1.165, 1.54) is 6.33 Å². The van der Waals surface area contributed by atoms with Crippen molar-refractivity contribution in [2.45, 2.75) is 19.1 Å². The normalized spacial score (nSPS) is 11.6. The van der Waals surface area contributed by atoms with E-state index in [9.17, 15) is 18.0 Å². The van der Waals surface area contributed by atoms with Gasteiger partial charge in [-0.05, 0) is 15.9 Å². The van der Waals surface area contributed by atoms with Crippen molar-refractivity contribution in [3.8, 4) is 0 Å². The fourth-order valence-electron chi connectivity index (χ4n) is 1.48. The second kappa shape index (κ2) is 6.24. The summed E-state index contributed by atoms with van der Waals surface area (Å²) in [6, 6.07) is 0. The van der Waals surface area contributed by atoms with E-state index < -0.39 is 18.3 Å². The number of aromatic nitrogens is 4. The fourth-order valence-corrected chi connectivity index (χ4v) is 1.93. The predicted molar refractivity (Wildman–Crippen MR) is 68.7 cm³/mol. The van der Waals surface area contributed by atoms with Crippen LogP contribution in [-0.4, -0.2) is 32.6 Å². The molecule has 1 N–H and O–H groups in total. The van der Waals surface area contributed by atoms with Gasteiger partial charge in [0.2, 0.25) is 5.89 Å². The van der Waals surface area contributed by atoms with Gasteiger partial charge in [0.15, 0.2) is 6.33 Å². The first-order valence-corrected chi connectivity index (χ1v) is 6.48. The van der Waals surface area contributed by atoms with Gasteiger partial charge in [-0.2, -0.15) is 23.3 Å². The van der Waals surface area contributed by atoms with Crippen molar-refractivity contribution in [3.63, 3.8) is 0 Å². The molecule has 0 saturated carbocycles. The zero-order valence-corrected chi connectivity index (χ0v) is 12.0. The Labute approximate surface area is 124 Å². The van der Waals surface area contributed by atoms with Crippen LogP contribution < -0.4 is 10.9 Å². The number of halogens is 4. The van der Waals surface area contributed by atoms with Crippen LogP contribution in [0.25, 0.3) is 0 Å². The molecule has 0 aliphatic carbocycles. The standard InChI is InChI=1S/C10H9BrF3N5O2/c11-8-6(15-2-1-7-16-5-18-21-7)3-17-19(9(8)20)4-10(12,13)14/h3,5,15H,1-2,4H2. The summed E-state index contributed by atoms with van der Waals surface area (Å²) in [5.74, 6) is 0.400. The van der Waals surface area contributed by atoms with Crippen molar-refractivity contribution in [2.24, 2.45) is 0 Å². The first kappa shape index (κ1) is 15.5. The molecule has 0 radical (unpaired) electrons. The van der Waals surface area contributed by atoms with Crippen LogP contribution in [0, 0.1) is 0 Å². The van der Waals surface area contributed by atoms with E-state index in [-0.39, 0.29) is 10.2 Å². The summed E-state index contributed by atoms with van der Waals surface area (Å²) in [5, 5.41) is 9.76. The van der Waals surface area contributed by atoms with Crippen molar-refractivity contribution in [1.82, 2.24) is 19.9 Å². The molecule has 21 heavy (non-hydrogen) atoms. The van der Waals surface area contributed by atoms with Gasteiger partial charge in [0.25, 0.3) is 5.56 Å². The van der Waals surface area contributed by atoms with Crippen LogP contribution in [0.15, 0.2) is 26.3 Å². The zero-order chi connectivity index (χ0) is 15.5. The lowest BCUT2D eigenvalue weighted by molar-refractivity contribution is -0.143. The SMILES string of the molecule is O=c1c(Br)c(NCCc2ncno2)cnn1CC(F)(F)F. The third-order valence-corrected chi connectivity index (χ3v) is 3.14. The molecule has 0 aliphatic rings. The largest absolute Gasteiger partial charge is 0.408 e. The van der Waals surface area contributed by atoms with Gasteiger partial charge in [0.1, 0.15) is 11.0 Å². The van der Waals surface area contributed by atoms with E-state index in [0.717, 1.165) is 6.20 Å². The molecule has 0 atom stereocenters. The van der Waals surface area contributed by atoms with E-state index >= 15 is 0 Å². The minimum Gasteiger partial charge on any atom is -0.382 e. The van der Waals surface area contributed by atoms with Gasteiger partial charge in [-0.1, -0.05) is 5.16 Å². The predicted octanol–water partition coefficient (Wildman–Crippen LogP) is 1.61.